The first-order valence-corrected chi connectivity index (χ1v) is 8.39. The average Bonchev–Trinajstić information content (AvgIpc) is 2.74. The van der Waals surface area contributed by atoms with E-state index in [4.69, 9.17) is 0 Å². The number of nitrogens with one attached hydrogen (secondary N) is 1. The zero-order valence-electron chi connectivity index (χ0n) is 14.5. The van der Waals surface area contributed by atoms with Gasteiger partial charge in [0.15, 0.2) is 5.96 Å². The number of alkyl halides is 3. The number of guanidine groups is 1. The van der Waals surface area contributed by atoms with E-state index in [1.54, 1.807) is 7.05 Å². The van der Waals surface area contributed by atoms with Gasteiger partial charge in [0.05, 0.1) is 13.1 Å². The van der Waals surface area contributed by atoms with Crippen molar-refractivity contribution >= 4 is 21.9 Å². The Morgan fingerprint density at radius 1 is 1.38 bits per heavy atom. The van der Waals surface area contributed by atoms with Crippen molar-refractivity contribution in [2.75, 3.05) is 40.8 Å². The molecule has 0 radical (unpaired) electrons. The molecule has 5 nitrogen and oxygen atoms in total. The molecule has 1 heterocycles. The van der Waals surface area contributed by atoms with Crippen LogP contribution in [0.2, 0.25) is 0 Å². The molecule has 24 heavy (non-hydrogen) atoms. The van der Waals surface area contributed by atoms with Crippen LogP contribution in [-0.4, -0.2) is 67.3 Å². The topological polar surface area (TPSA) is 35.8 Å². The van der Waals surface area contributed by atoms with E-state index in [9.17, 15) is 13.2 Å². The Kier molecular flexibility index (Phi) is 8.08. The summed E-state index contributed by atoms with van der Waals surface area (Å²) >= 11 is 3.44. The Bertz CT molecular complexity index is 542. The van der Waals surface area contributed by atoms with Gasteiger partial charge in [0.25, 0.3) is 0 Å². The third-order valence-corrected chi connectivity index (χ3v) is 3.93. The van der Waals surface area contributed by atoms with Crippen molar-refractivity contribution in [1.82, 2.24) is 19.7 Å². The highest BCUT2D eigenvalue weighted by Gasteiger charge is 2.28. The van der Waals surface area contributed by atoms with Crippen LogP contribution in [0.1, 0.15) is 12.1 Å². The van der Waals surface area contributed by atoms with E-state index in [-0.39, 0.29) is 0 Å². The molecule has 0 saturated heterocycles. The van der Waals surface area contributed by atoms with Crippen LogP contribution in [0.3, 0.4) is 0 Å². The smallest absolute Gasteiger partial charge is 0.356 e. The minimum atomic E-state index is -4.15. The molecule has 9 heteroatoms. The van der Waals surface area contributed by atoms with Gasteiger partial charge in [-0.25, -0.2) is 0 Å². The van der Waals surface area contributed by atoms with Crippen molar-refractivity contribution < 1.29 is 13.2 Å². The zero-order chi connectivity index (χ0) is 18.3. The molecule has 0 aliphatic carbocycles. The summed E-state index contributed by atoms with van der Waals surface area (Å²) in [4.78, 5) is 7.46. The van der Waals surface area contributed by atoms with E-state index in [2.05, 4.69) is 26.2 Å². The van der Waals surface area contributed by atoms with Gasteiger partial charge in [-0.1, -0.05) is 0 Å². The highest BCUT2D eigenvalue weighted by atomic mass is 79.9. The first-order valence-electron chi connectivity index (χ1n) is 7.60. The summed E-state index contributed by atoms with van der Waals surface area (Å²) in [6.45, 7) is 0.730. The second-order valence-electron chi connectivity index (χ2n) is 5.80. The van der Waals surface area contributed by atoms with Crippen LogP contribution >= 0.6 is 15.9 Å². The number of aromatic nitrogens is 1. The Morgan fingerprint density at radius 3 is 2.54 bits per heavy atom. The molecule has 0 aromatic carbocycles. The lowest BCUT2D eigenvalue weighted by atomic mass is 10.3. The van der Waals surface area contributed by atoms with Gasteiger partial charge in [-0.3, -0.25) is 9.89 Å². The number of aryl methyl sites for hydroxylation is 1. The number of aliphatic imine (C=N–C) groups is 1. The number of halogens is 4. The molecular formula is C15H25BrF3N5. The zero-order valence-corrected chi connectivity index (χ0v) is 16.1. The molecule has 0 atom stereocenters. The molecule has 0 saturated carbocycles. The van der Waals surface area contributed by atoms with E-state index in [1.807, 2.05) is 35.8 Å². The van der Waals surface area contributed by atoms with Gasteiger partial charge < -0.3 is 14.8 Å². The number of hydrogen-bond donors (Lipinski definition) is 1. The molecule has 138 valence electrons. The van der Waals surface area contributed by atoms with Crippen LogP contribution in [0.5, 0.6) is 0 Å². The predicted molar refractivity (Wildman–Crippen MR) is 94.1 cm³/mol. The van der Waals surface area contributed by atoms with E-state index < -0.39 is 12.7 Å². The van der Waals surface area contributed by atoms with Gasteiger partial charge in [0.1, 0.15) is 0 Å². The fourth-order valence-electron chi connectivity index (χ4n) is 2.36. The van der Waals surface area contributed by atoms with Crippen molar-refractivity contribution in [1.29, 1.82) is 0 Å². The van der Waals surface area contributed by atoms with Crippen LogP contribution in [0.25, 0.3) is 0 Å². The van der Waals surface area contributed by atoms with Crippen LogP contribution in [0.15, 0.2) is 21.7 Å². The standard InChI is InChI=1S/C15H25BrF3N5/c1-20-14(21-6-5-7-22(2)11-15(17,18)19)24(4)10-13-8-12(16)9-23(13)3/h8-9H,5-7,10-11H2,1-4H3,(H,20,21). The van der Waals surface area contributed by atoms with E-state index >= 15 is 0 Å². The Balaban J connectivity index is 2.38. The molecule has 0 bridgehead atoms. The molecule has 0 aliphatic heterocycles. The summed E-state index contributed by atoms with van der Waals surface area (Å²) in [5.74, 6) is 0.714. The molecule has 0 fully saturated rings. The van der Waals surface area contributed by atoms with E-state index in [0.717, 1.165) is 10.2 Å². The Morgan fingerprint density at radius 2 is 2.04 bits per heavy atom. The third kappa shape index (κ3) is 7.57. The van der Waals surface area contributed by atoms with Gasteiger partial charge in [-0.15, -0.1) is 0 Å². The summed E-state index contributed by atoms with van der Waals surface area (Å²) in [6, 6.07) is 2.04. The predicted octanol–water partition coefficient (Wildman–Crippen LogP) is 2.68. The van der Waals surface area contributed by atoms with Crippen molar-refractivity contribution in [3.8, 4) is 0 Å². The molecule has 1 rings (SSSR count). The molecule has 0 unspecified atom stereocenters. The molecule has 1 N–H and O–H groups in total. The number of hydrogen-bond acceptors (Lipinski definition) is 2. The Hall–Kier alpha value is -1.22. The lowest BCUT2D eigenvalue weighted by Crippen LogP contribution is -2.40. The molecule has 1 aromatic rings. The first-order chi connectivity index (χ1) is 11.1. The maximum absolute atomic E-state index is 12.3. The van der Waals surface area contributed by atoms with Crippen molar-refractivity contribution in [3.05, 3.63) is 22.4 Å². The minimum Gasteiger partial charge on any atom is -0.356 e. The largest absolute Gasteiger partial charge is 0.401 e. The number of nitrogens with zero attached hydrogens (tertiary/aromatic N) is 4. The van der Waals surface area contributed by atoms with Crippen molar-refractivity contribution in [3.63, 3.8) is 0 Å². The van der Waals surface area contributed by atoms with Crippen LogP contribution in [0, 0.1) is 0 Å². The second kappa shape index (κ2) is 9.31. The van der Waals surface area contributed by atoms with Crippen LogP contribution in [0.4, 0.5) is 13.2 Å². The normalized spacial score (nSPS) is 12.8. The average molecular weight is 412 g/mol. The minimum absolute atomic E-state index is 0.373. The lowest BCUT2D eigenvalue weighted by molar-refractivity contribution is -0.143. The van der Waals surface area contributed by atoms with Gasteiger partial charge in [-0.2, -0.15) is 13.2 Å². The van der Waals surface area contributed by atoms with Gasteiger partial charge in [-0.05, 0) is 42.0 Å². The summed E-state index contributed by atoms with van der Waals surface area (Å²) in [7, 11) is 7.06. The monoisotopic (exact) mass is 411 g/mol. The molecule has 0 amide bonds. The summed E-state index contributed by atoms with van der Waals surface area (Å²) in [6.07, 6.45) is -1.56. The van der Waals surface area contributed by atoms with Crippen molar-refractivity contribution in [2.45, 2.75) is 19.1 Å². The Labute approximate surface area is 149 Å². The summed E-state index contributed by atoms with van der Waals surface area (Å²) < 4.78 is 39.8. The van der Waals surface area contributed by atoms with Gasteiger partial charge in [0, 0.05) is 44.1 Å². The number of rotatable bonds is 7. The fraction of sp³-hybridized carbons (Fsp3) is 0.667. The van der Waals surface area contributed by atoms with Crippen LogP contribution in [-0.2, 0) is 13.6 Å². The maximum Gasteiger partial charge on any atom is 0.401 e. The third-order valence-electron chi connectivity index (χ3n) is 3.50. The lowest BCUT2D eigenvalue weighted by Gasteiger charge is -2.23. The second-order valence-corrected chi connectivity index (χ2v) is 6.71. The molecular weight excluding hydrogens is 387 g/mol. The maximum atomic E-state index is 12.3. The summed E-state index contributed by atoms with van der Waals surface area (Å²) in [5, 5.41) is 3.18. The van der Waals surface area contributed by atoms with Gasteiger partial charge in [0.2, 0.25) is 0 Å². The van der Waals surface area contributed by atoms with Gasteiger partial charge >= 0.3 is 6.18 Å². The molecule has 0 aliphatic rings. The van der Waals surface area contributed by atoms with E-state index in [0.29, 0.717) is 32.0 Å². The van der Waals surface area contributed by atoms with E-state index in [1.165, 1.54) is 11.9 Å². The van der Waals surface area contributed by atoms with Crippen molar-refractivity contribution in [2.24, 2.45) is 12.0 Å². The SMILES string of the molecule is CN=C(NCCCN(C)CC(F)(F)F)N(C)Cc1cc(Br)cn1C. The fourth-order valence-corrected chi connectivity index (χ4v) is 2.93. The highest BCUT2D eigenvalue weighted by molar-refractivity contribution is 9.10. The van der Waals surface area contributed by atoms with Crippen LogP contribution < -0.4 is 5.32 Å². The first kappa shape index (κ1) is 20.8. The summed E-state index contributed by atoms with van der Waals surface area (Å²) in [5.41, 5.74) is 1.12. The molecule has 1 aromatic heterocycles. The highest BCUT2D eigenvalue weighted by Crippen LogP contribution is 2.16. The quantitative estimate of drug-likeness (QED) is 0.425. The molecule has 0 spiro atoms.